The Bertz CT molecular complexity index is 619. The van der Waals surface area contributed by atoms with Gasteiger partial charge in [-0.1, -0.05) is 12.1 Å². The van der Waals surface area contributed by atoms with Crippen LogP contribution in [0.3, 0.4) is 0 Å². The van der Waals surface area contributed by atoms with Crippen LogP contribution in [0.5, 0.6) is 5.75 Å². The molecule has 0 amide bonds. The van der Waals surface area contributed by atoms with Gasteiger partial charge in [-0.25, -0.2) is 4.39 Å². The monoisotopic (exact) mass is 284 g/mol. The summed E-state index contributed by atoms with van der Waals surface area (Å²) in [5.74, 6) is 0.524. The fraction of sp³-hybridized carbons (Fsp3) is 0.235. The smallest absolute Gasteiger partial charge is 0.146 e. The van der Waals surface area contributed by atoms with Gasteiger partial charge in [0, 0.05) is 13.6 Å². The van der Waals surface area contributed by atoms with Crippen LogP contribution in [0, 0.1) is 17.1 Å². The Hall–Kier alpha value is -2.54. The van der Waals surface area contributed by atoms with E-state index in [1.807, 2.05) is 18.0 Å². The molecule has 0 atom stereocenters. The molecule has 4 heteroatoms. The summed E-state index contributed by atoms with van der Waals surface area (Å²) in [4.78, 5) is 1.87. The SMILES string of the molecule is CN(CCCOc1ccc(C#N)cc1)c1ccccc1F. The number of halogens is 1. The third-order valence-corrected chi connectivity index (χ3v) is 3.15. The zero-order chi connectivity index (χ0) is 15.1. The van der Waals surface area contributed by atoms with Crippen LogP contribution in [-0.4, -0.2) is 20.2 Å². The van der Waals surface area contributed by atoms with E-state index in [2.05, 4.69) is 6.07 Å². The topological polar surface area (TPSA) is 36.3 Å². The minimum absolute atomic E-state index is 0.215. The molecule has 0 heterocycles. The van der Waals surface area contributed by atoms with Crippen molar-refractivity contribution in [1.29, 1.82) is 5.26 Å². The van der Waals surface area contributed by atoms with Gasteiger partial charge in [0.2, 0.25) is 0 Å². The van der Waals surface area contributed by atoms with Crippen molar-refractivity contribution in [1.82, 2.24) is 0 Å². The number of ether oxygens (including phenoxy) is 1. The van der Waals surface area contributed by atoms with E-state index in [1.165, 1.54) is 6.07 Å². The second-order valence-corrected chi connectivity index (χ2v) is 4.71. The molecule has 0 N–H and O–H groups in total. The highest BCUT2D eigenvalue weighted by Crippen LogP contribution is 2.17. The molecule has 0 radical (unpaired) electrons. The second kappa shape index (κ2) is 7.30. The lowest BCUT2D eigenvalue weighted by Crippen LogP contribution is -2.21. The van der Waals surface area contributed by atoms with Crippen molar-refractivity contribution >= 4 is 5.69 Å². The quantitative estimate of drug-likeness (QED) is 0.760. The van der Waals surface area contributed by atoms with Gasteiger partial charge in [0.15, 0.2) is 0 Å². The highest BCUT2D eigenvalue weighted by molar-refractivity contribution is 5.46. The average molecular weight is 284 g/mol. The number of anilines is 1. The maximum absolute atomic E-state index is 13.6. The molecule has 0 aromatic heterocycles. The summed E-state index contributed by atoms with van der Waals surface area (Å²) in [6, 6.07) is 15.8. The van der Waals surface area contributed by atoms with Crippen LogP contribution in [0.4, 0.5) is 10.1 Å². The van der Waals surface area contributed by atoms with E-state index in [9.17, 15) is 4.39 Å². The predicted octanol–water partition coefficient (Wildman–Crippen LogP) is 3.60. The summed E-state index contributed by atoms with van der Waals surface area (Å²) in [7, 11) is 1.86. The second-order valence-electron chi connectivity index (χ2n) is 4.71. The van der Waals surface area contributed by atoms with Gasteiger partial charge < -0.3 is 9.64 Å². The van der Waals surface area contributed by atoms with Gasteiger partial charge in [-0.05, 0) is 42.8 Å². The Labute approximate surface area is 124 Å². The molecule has 0 saturated heterocycles. The van der Waals surface area contributed by atoms with E-state index >= 15 is 0 Å². The molecule has 0 unspecified atom stereocenters. The third kappa shape index (κ3) is 4.22. The Morgan fingerprint density at radius 1 is 1.14 bits per heavy atom. The van der Waals surface area contributed by atoms with Gasteiger partial charge in [-0.3, -0.25) is 0 Å². The lowest BCUT2D eigenvalue weighted by atomic mass is 10.2. The summed E-state index contributed by atoms with van der Waals surface area (Å²) < 4.78 is 19.2. The van der Waals surface area contributed by atoms with Crippen molar-refractivity contribution in [3.05, 3.63) is 59.9 Å². The molecular weight excluding hydrogens is 267 g/mol. The highest BCUT2D eigenvalue weighted by atomic mass is 19.1. The Kier molecular flexibility index (Phi) is 5.16. The molecule has 2 rings (SSSR count). The van der Waals surface area contributed by atoms with Gasteiger partial charge in [0.25, 0.3) is 0 Å². The average Bonchev–Trinajstić information content (AvgIpc) is 2.52. The number of para-hydroxylation sites is 1. The van der Waals surface area contributed by atoms with Crippen LogP contribution in [0.25, 0.3) is 0 Å². The lowest BCUT2D eigenvalue weighted by molar-refractivity contribution is 0.312. The van der Waals surface area contributed by atoms with Crippen molar-refractivity contribution in [2.45, 2.75) is 6.42 Å². The van der Waals surface area contributed by atoms with Gasteiger partial charge >= 0.3 is 0 Å². The normalized spacial score (nSPS) is 9.95. The van der Waals surface area contributed by atoms with E-state index in [0.29, 0.717) is 24.4 Å². The first-order chi connectivity index (χ1) is 10.2. The Morgan fingerprint density at radius 2 is 1.86 bits per heavy atom. The molecule has 2 aromatic rings. The molecular formula is C17H17FN2O. The summed E-state index contributed by atoms with van der Waals surface area (Å²) in [6.45, 7) is 1.25. The highest BCUT2D eigenvalue weighted by Gasteiger charge is 2.05. The molecule has 0 aliphatic heterocycles. The fourth-order valence-corrected chi connectivity index (χ4v) is 2.00. The van der Waals surface area contributed by atoms with Crippen molar-refractivity contribution in [2.24, 2.45) is 0 Å². The van der Waals surface area contributed by atoms with E-state index in [1.54, 1.807) is 36.4 Å². The maximum atomic E-state index is 13.6. The van der Waals surface area contributed by atoms with E-state index < -0.39 is 0 Å². The van der Waals surface area contributed by atoms with E-state index in [4.69, 9.17) is 10.00 Å². The van der Waals surface area contributed by atoms with Crippen LogP contribution in [0.15, 0.2) is 48.5 Å². The van der Waals surface area contributed by atoms with Gasteiger partial charge in [0.05, 0.1) is 23.9 Å². The minimum Gasteiger partial charge on any atom is -0.494 e. The number of rotatable bonds is 6. The van der Waals surface area contributed by atoms with Crippen LogP contribution in [0.1, 0.15) is 12.0 Å². The van der Waals surface area contributed by atoms with E-state index in [-0.39, 0.29) is 5.82 Å². The fourth-order valence-electron chi connectivity index (χ4n) is 2.00. The van der Waals surface area contributed by atoms with Crippen molar-refractivity contribution in [3.63, 3.8) is 0 Å². The van der Waals surface area contributed by atoms with Gasteiger partial charge in [-0.15, -0.1) is 0 Å². The van der Waals surface area contributed by atoms with E-state index in [0.717, 1.165) is 12.2 Å². The number of benzene rings is 2. The zero-order valence-electron chi connectivity index (χ0n) is 11.9. The Morgan fingerprint density at radius 3 is 2.52 bits per heavy atom. The maximum Gasteiger partial charge on any atom is 0.146 e. The summed E-state index contributed by atoms with van der Waals surface area (Å²) in [6.07, 6.45) is 0.783. The van der Waals surface area contributed by atoms with Crippen LogP contribution in [0.2, 0.25) is 0 Å². The summed E-state index contributed by atoms with van der Waals surface area (Å²) in [5.41, 5.74) is 1.21. The predicted molar refractivity (Wildman–Crippen MR) is 80.9 cm³/mol. The molecule has 0 spiro atoms. The molecule has 0 aliphatic carbocycles. The molecule has 2 aromatic carbocycles. The van der Waals surface area contributed by atoms with Crippen molar-refractivity contribution in [3.8, 4) is 11.8 Å². The van der Waals surface area contributed by atoms with Crippen LogP contribution >= 0.6 is 0 Å². The zero-order valence-corrected chi connectivity index (χ0v) is 11.9. The molecule has 108 valence electrons. The molecule has 3 nitrogen and oxygen atoms in total. The Balaban J connectivity index is 1.77. The summed E-state index contributed by atoms with van der Waals surface area (Å²) >= 11 is 0. The van der Waals surface area contributed by atoms with Gasteiger partial charge in [0.1, 0.15) is 11.6 Å². The van der Waals surface area contributed by atoms with Crippen molar-refractivity contribution in [2.75, 3.05) is 25.1 Å². The number of hydrogen-bond acceptors (Lipinski definition) is 3. The summed E-state index contributed by atoms with van der Waals surface area (Å²) in [5, 5.41) is 8.71. The van der Waals surface area contributed by atoms with Gasteiger partial charge in [-0.2, -0.15) is 5.26 Å². The van der Waals surface area contributed by atoms with Crippen LogP contribution in [-0.2, 0) is 0 Å². The molecule has 0 bridgehead atoms. The first-order valence-electron chi connectivity index (χ1n) is 6.79. The standard InChI is InChI=1S/C17H17FN2O/c1-20(17-6-3-2-5-16(17)18)11-4-12-21-15-9-7-14(13-19)8-10-15/h2-3,5-10H,4,11-12H2,1H3. The first kappa shape index (κ1) is 14.9. The molecule has 21 heavy (non-hydrogen) atoms. The van der Waals surface area contributed by atoms with Crippen molar-refractivity contribution < 1.29 is 9.13 Å². The third-order valence-electron chi connectivity index (χ3n) is 3.15. The van der Waals surface area contributed by atoms with Crippen LogP contribution < -0.4 is 9.64 Å². The number of hydrogen-bond donors (Lipinski definition) is 0. The first-order valence-corrected chi connectivity index (χ1v) is 6.79. The molecule has 0 fully saturated rings. The lowest BCUT2D eigenvalue weighted by Gasteiger charge is -2.19. The molecule has 0 aliphatic rings. The number of nitrogens with zero attached hydrogens (tertiary/aromatic N) is 2. The minimum atomic E-state index is -0.215. The molecule has 0 saturated carbocycles. The number of nitriles is 1. The largest absolute Gasteiger partial charge is 0.494 e.